The zero-order valence-electron chi connectivity index (χ0n) is 9.15. The number of sulfonamides is 1. The minimum atomic E-state index is -3.25. The van der Waals surface area contributed by atoms with Gasteiger partial charge in [0.25, 0.3) is 0 Å². The number of anilines is 1. The molecular weight excluding hydrogens is 228 g/mol. The summed E-state index contributed by atoms with van der Waals surface area (Å²) in [6, 6.07) is 6.67. The van der Waals surface area contributed by atoms with Crippen molar-refractivity contribution in [3.05, 3.63) is 29.8 Å². The lowest BCUT2D eigenvalue weighted by atomic mass is 10.2. The summed E-state index contributed by atoms with van der Waals surface area (Å²) in [5.41, 5.74) is 1.32. The van der Waals surface area contributed by atoms with Gasteiger partial charge in [-0.1, -0.05) is 12.1 Å². The third-order valence-corrected chi connectivity index (χ3v) is 3.28. The van der Waals surface area contributed by atoms with E-state index >= 15 is 0 Å². The molecule has 1 aromatic carbocycles. The fourth-order valence-electron chi connectivity index (χ4n) is 1.18. The molecule has 2 N–H and O–H groups in total. The fourth-order valence-corrected chi connectivity index (χ4v) is 1.95. The van der Waals surface area contributed by atoms with Crippen molar-refractivity contribution in [3.8, 4) is 0 Å². The molecule has 16 heavy (non-hydrogen) atoms. The van der Waals surface area contributed by atoms with Crippen LogP contribution in [0.5, 0.6) is 0 Å². The van der Waals surface area contributed by atoms with Gasteiger partial charge in [0.05, 0.1) is 5.75 Å². The first-order valence-electron chi connectivity index (χ1n) is 4.71. The molecule has 0 atom stereocenters. The lowest BCUT2D eigenvalue weighted by Gasteiger charge is -2.05. The fraction of sp³-hybridized carbons (Fsp3) is 0.300. The first-order valence-corrected chi connectivity index (χ1v) is 6.36. The topological polar surface area (TPSA) is 75.3 Å². The number of hydrogen-bond acceptors (Lipinski definition) is 3. The number of benzene rings is 1. The van der Waals surface area contributed by atoms with Crippen LogP contribution >= 0.6 is 0 Å². The summed E-state index contributed by atoms with van der Waals surface area (Å²) in [6.07, 6.45) is 0. The Morgan fingerprint density at radius 1 is 1.25 bits per heavy atom. The number of amides is 1. The van der Waals surface area contributed by atoms with Crippen LogP contribution in [-0.2, 0) is 20.6 Å². The maximum Gasteiger partial charge on any atom is 0.221 e. The number of carbonyl (C=O) groups excluding carboxylic acids is 1. The average Bonchev–Trinajstić information content (AvgIpc) is 2.20. The van der Waals surface area contributed by atoms with Gasteiger partial charge in [0, 0.05) is 12.6 Å². The van der Waals surface area contributed by atoms with Crippen molar-refractivity contribution >= 4 is 21.6 Å². The molecule has 0 aromatic heterocycles. The molecule has 0 aliphatic heterocycles. The molecule has 1 amide bonds. The van der Waals surface area contributed by atoms with E-state index in [0.29, 0.717) is 11.3 Å². The van der Waals surface area contributed by atoms with E-state index in [1.165, 1.54) is 14.0 Å². The number of rotatable bonds is 4. The predicted octanol–water partition coefficient (Wildman–Crippen LogP) is 0.694. The molecule has 0 heterocycles. The first kappa shape index (κ1) is 12.7. The van der Waals surface area contributed by atoms with Crippen molar-refractivity contribution in [1.29, 1.82) is 0 Å². The van der Waals surface area contributed by atoms with Crippen LogP contribution in [0.15, 0.2) is 24.3 Å². The summed E-state index contributed by atoms with van der Waals surface area (Å²) in [7, 11) is -1.87. The Morgan fingerprint density at radius 3 is 2.25 bits per heavy atom. The van der Waals surface area contributed by atoms with Crippen LogP contribution < -0.4 is 10.0 Å². The summed E-state index contributed by atoms with van der Waals surface area (Å²) in [5, 5.41) is 2.60. The smallest absolute Gasteiger partial charge is 0.221 e. The molecule has 1 rings (SSSR count). The number of nitrogens with one attached hydrogen (secondary N) is 2. The van der Waals surface area contributed by atoms with Crippen LogP contribution in [-0.4, -0.2) is 21.4 Å². The van der Waals surface area contributed by atoms with Gasteiger partial charge in [-0.2, -0.15) is 0 Å². The van der Waals surface area contributed by atoms with E-state index in [0.717, 1.165) is 0 Å². The van der Waals surface area contributed by atoms with Crippen LogP contribution in [0.2, 0.25) is 0 Å². The molecule has 0 saturated heterocycles. The van der Waals surface area contributed by atoms with E-state index in [1.807, 2.05) is 0 Å². The van der Waals surface area contributed by atoms with Crippen LogP contribution in [0.25, 0.3) is 0 Å². The van der Waals surface area contributed by atoms with E-state index in [2.05, 4.69) is 10.0 Å². The Bertz CT molecular complexity index is 465. The largest absolute Gasteiger partial charge is 0.326 e. The van der Waals surface area contributed by atoms with Crippen LogP contribution in [0.1, 0.15) is 12.5 Å². The van der Waals surface area contributed by atoms with Gasteiger partial charge in [-0.05, 0) is 24.7 Å². The van der Waals surface area contributed by atoms with Gasteiger partial charge in [0.1, 0.15) is 0 Å². The standard InChI is InChI=1S/C10H14N2O3S/c1-8(13)12-10-5-3-9(4-6-10)7-16(14,15)11-2/h3-6,11H,7H2,1-2H3,(H,12,13). The van der Waals surface area contributed by atoms with Gasteiger partial charge < -0.3 is 5.32 Å². The third kappa shape index (κ3) is 4.00. The lowest BCUT2D eigenvalue weighted by Crippen LogP contribution is -2.20. The van der Waals surface area contributed by atoms with E-state index in [-0.39, 0.29) is 11.7 Å². The molecule has 0 aliphatic carbocycles. The van der Waals surface area contributed by atoms with Gasteiger partial charge in [0.15, 0.2) is 0 Å². The average molecular weight is 242 g/mol. The zero-order valence-corrected chi connectivity index (χ0v) is 9.97. The minimum absolute atomic E-state index is 0.0656. The van der Waals surface area contributed by atoms with Crippen molar-refractivity contribution < 1.29 is 13.2 Å². The molecule has 5 nitrogen and oxygen atoms in total. The molecule has 88 valence electrons. The quantitative estimate of drug-likeness (QED) is 0.815. The molecule has 0 radical (unpaired) electrons. The summed E-state index contributed by atoms with van der Waals surface area (Å²) < 4.78 is 24.7. The van der Waals surface area contributed by atoms with E-state index < -0.39 is 10.0 Å². The van der Waals surface area contributed by atoms with Gasteiger partial charge in [-0.3, -0.25) is 4.79 Å². The molecule has 0 bridgehead atoms. The number of carbonyl (C=O) groups is 1. The second kappa shape index (κ2) is 5.09. The normalized spacial score (nSPS) is 11.1. The SMILES string of the molecule is CNS(=O)(=O)Cc1ccc(NC(C)=O)cc1. The van der Waals surface area contributed by atoms with Crippen molar-refractivity contribution in [3.63, 3.8) is 0 Å². The predicted molar refractivity (Wildman–Crippen MR) is 62.4 cm³/mol. The van der Waals surface area contributed by atoms with Crippen molar-refractivity contribution in [2.75, 3.05) is 12.4 Å². The Labute approximate surface area is 94.9 Å². The second-order valence-electron chi connectivity index (χ2n) is 3.34. The maximum atomic E-state index is 11.3. The van der Waals surface area contributed by atoms with Crippen molar-refractivity contribution in [2.24, 2.45) is 0 Å². The molecule has 0 aliphatic rings. The summed E-state index contributed by atoms with van der Waals surface area (Å²) >= 11 is 0. The van der Waals surface area contributed by atoms with Crippen LogP contribution in [0.3, 0.4) is 0 Å². The van der Waals surface area contributed by atoms with Crippen molar-refractivity contribution in [1.82, 2.24) is 4.72 Å². The highest BCUT2D eigenvalue weighted by molar-refractivity contribution is 7.88. The lowest BCUT2D eigenvalue weighted by molar-refractivity contribution is -0.114. The van der Waals surface area contributed by atoms with Gasteiger partial charge in [0.2, 0.25) is 15.9 Å². The molecule has 6 heteroatoms. The highest BCUT2D eigenvalue weighted by atomic mass is 32.2. The Morgan fingerprint density at radius 2 is 1.81 bits per heavy atom. The summed E-state index contributed by atoms with van der Waals surface area (Å²) in [6.45, 7) is 1.42. The highest BCUT2D eigenvalue weighted by Crippen LogP contribution is 2.11. The van der Waals surface area contributed by atoms with Gasteiger partial charge >= 0.3 is 0 Å². The molecular formula is C10H14N2O3S. The van der Waals surface area contributed by atoms with Crippen molar-refractivity contribution in [2.45, 2.75) is 12.7 Å². The summed E-state index contributed by atoms with van der Waals surface area (Å²) in [4.78, 5) is 10.8. The molecule has 1 aromatic rings. The Balaban J connectivity index is 2.76. The van der Waals surface area contributed by atoms with Crippen LogP contribution in [0.4, 0.5) is 5.69 Å². The second-order valence-corrected chi connectivity index (χ2v) is 5.27. The molecule has 0 saturated carbocycles. The third-order valence-electron chi connectivity index (χ3n) is 1.94. The Hall–Kier alpha value is -1.40. The Kier molecular flexibility index (Phi) is 4.03. The highest BCUT2D eigenvalue weighted by Gasteiger charge is 2.08. The monoisotopic (exact) mass is 242 g/mol. The van der Waals surface area contributed by atoms with E-state index in [4.69, 9.17) is 0 Å². The van der Waals surface area contributed by atoms with Gasteiger partial charge in [-0.15, -0.1) is 0 Å². The summed E-state index contributed by atoms with van der Waals surface area (Å²) in [5.74, 6) is -0.222. The molecule has 0 unspecified atom stereocenters. The molecule has 0 fully saturated rings. The van der Waals surface area contributed by atoms with Gasteiger partial charge in [-0.25, -0.2) is 13.1 Å². The zero-order chi connectivity index (χ0) is 12.2. The number of hydrogen-bond donors (Lipinski definition) is 2. The minimum Gasteiger partial charge on any atom is -0.326 e. The van der Waals surface area contributed by atoms with E-state index in [1.54, 1.807) is 24.3 Å². The maximum absolute atomic E-state index is 11.3. The first-order chi connectivity index (χ1) is 7.43. The van der Waals surface area contributed by atoms with E-state index in [9.17, 15) is 13.2 Å². The molecule has 0 spiro atoms. The van der Waals surface area contributed by atoms with Crippen LogP contribution in [0, 0.1) is 0 Å².